The Labute approximate surface area is 110 Å². The van der Waals surface area contributed by atoms with E-state index in [0.717, 1.165) is 38.5 Å². The van der Waals surface area contributed by atoms with Crippen LogP contribution in [0.3, 0.4) is 0 Å². The highest BCUT2D eigenvalue weighted by Gasteiger charge is 2.09. The normalized spacial score (nSPS) is 10.7. The molecule has 18 heavy (non-hydrogen) atoms. The zero-order valence-corrected chi connectivity index (χ0v) is 11.8. The van der Waals surface area contributed by atoms with Crippen LogP contribution in [0.5, 0.6) is 0 Å². The Morgan fingerprint density at radius 1 is 1.39 bits per heavy atom. The number of aryl methyl sites for hydroxylation is 1. The molecule has 0 bridgehead atoms. The minimum absolute atomic E-state index is 0.669. The summed E-state index contributed by atoms with van der Waals surface area (Å²) < 4.78 is 5.40. The molecule has 0 saturated heterocycles. The highest BCUT2D eigenvalue weighted by Crippen LogP contribution is 2.17. The maximum atomic E-state index is 5.56. The summed E-state index contributed by atoms with van der Waals surface area (Å²) >= 11 is 0. The molecule has 0 spiro atoms. The van der Waals surface area contributed by atoms with Gasteiger partial charge in [0.2, 0.25) is 0 Å². The Balaban J connectivity index is 2.73. The molecule has 0 saturated carbocycles. The Morgan fingerprint density at radius 2 is 2.17 bits per heavy atom. The van der Waals surface area contributed by atoms with Crippen molar-refractivity contribution in [3.05, 3.63) is 23.4 Å². The lowest BCUT2D eigenvalue weighted by Gasteiger charge is -2.23. The predicted molar refractivity (Wildman–Crippen MR) is 76.1 cm³/mol. The van der Waals surface area contributed by atoms with Crippen molar-refractivity contribution in [3.63, 3.8) is 0 Å². The van der Waals surface area contributed by atoms with E-state index in [1.807, 2.05) is 13.1 Å². The summed E-state index contributed by atoms with van der Waals surface area (Å²) in [4.78, 5) is 6.81. The number of nitrogens with zero attached hydrogens (tertiary/aromatic N) is 2. The first-order valence-electron chi connectivity index (χ1n) is 6.71. The van der Waals surface area contributed by atoms with Crippen molar-refractivity contribution in [2.75, 3.05) is 37.7 Å². The smallest absolute Gasteiger partial charge is 0.131 e. The standard InChI is InChI=1S/C14H25N3O/c1-4-17(8-9-18-5-2)14-12(3)10-13(6-7-15)11-16-14/h10-11H,4-9,15H2,1-3H3. The van der Waals surface area contributed by atoms with E-state index >= 15 is 0 Å². The van der Waals surface area contributed by atoms with Gasteiger partial charge in [-0.25, -0.2) is 4.98 Å². The molecule has 4 heteroatoms. The van der Waals surface area contributed by atoms with Crippen LogP contribution in [0.25, 0.3) is 0 Å². The highest BCUT2D eigenvalue weighted by molar-refractivity contribution is 5.47. The Hall–Kier alpha value is -1.13. The van der Waals surface area contributed by atoms with E-state index in [1.165, 1.54) is 11.1 Å². The number of aromatic nitrogens is 1. The second-order valence-electron chi connectivity index (χ2n) is 4.30. The molecule has 0 atom stereocenters. The quantitative estimate of drug-likeness (QED) is 0.715. The van der Waals surface area contributed by atoms with Gasteiger partial charge < -0.3 is 15.4 Å². The summed E-state index contributed by atoms with van der Waals surface area (Å²) in [7, 11) is 0. The molecule has 1 rings (SSSR count). The lowest BCUT2D eigenvalue weighted by molar-refractivity contribution is 0.154. The second-order valence-corrected chi connectivity index (χ2v) is 4.30. The van der Waals surface area contributed by atoms with Crippen LogP contribution in [0.2, 0.25) is 0 Å². The van der Waals surface area contributed by atoms with E-state index in [9.17, 15) is 0 Å². The van der Waals surface area contributed by atoms with Crippen LogP contribution in [0.15, 0.2) is 12.3 Å². The summed E-state index contributed by atoms with van der Waals surface area (Å²) in [6, 6.07) is 2.18. The van der Waals surface area contributed by atoms with Gasteiger partial charge in [0.25, 0.3) is 0 Å². The van der Waals surface area contributed by atoms with Crippen LogP contribution in [0.1, 0.15) is 25.0 Å². The summed E-state index contributed by atoms with van der Waals surface area (Å²) in [6.07, 6.45) is 2.82. The van der Waals surface area contributed by atoms with Crippen molar-refractivity contribution in [2.45, 2.75) is 27.2 Å². The number of ether oxygens (including phenoxy) is 1. The predicted octanol–water partition coefficient (Wildman–Crippen LogP) is 1.75. The molecule has 0 fully saturated rings. The number of rotatable bonds is 8. The highest BCUT2D eigenvalue weighted by atomic mass is 16.5. The van der Waals surface area contributed by atoms with Gasteiger partial charge in [-0.1, -0.05) is 6.07 Å². The van der Waals surface area contributed by atoms with E-state index in [0.29, 0.717) is 6.54 Å². The first-order chi connectivity index (χ1) is 8.72. The van der Waals surface area contributed by atoms with Crippen LogP contribution in [-0.2, 0) is 11.2 Å². The van der Waals surface area contributed by atoms with Gasteiger partial charge in [-0.15, -0.1) is 0 Å². The van der Waals surface area contributed by atoms with Crippen molar-refractivity contribution in [2.24, 2.45) is 5.73 Å². The van der Waals surface area contributed by atoms with Gasteiger partial charge in [0.1, 0.15) is 5.82 Å². The van der Waals surface area contributed by atoms with Gasteiger partial charge in [0.05, 0.1) is 6.61 Å². The number of nitrogens with two attached hydrogens (primary N) is 1. The van der Waals surface area contributed by atoms with E-state index in [1.54, 1.807) is 0 Å². The zero-order chi connectivity index (χ0) is 13.4. The fourth-order valence-electron chi connectivity index (χ4n) is 1.99. The molecule has 1 aromatic rings. The minimum atomic E-state index is 0.669. The fourth-order valence-corrected chi connectivity index (χ4v) is 1.99. The zero-order valence-electron chi connectivity index (χ0n) is 11.8. The van der Waals surface area contributed by atoms with E-state index < -0.39 is 0 Å². The van der Waals surface area contributed by atoms with Gasteiger partial charge in [0.15, 0.2) is 0 Å². The minimum Gasteiger partial charge on any atom is -0.380 e. The van der Waals surface area contributed by atoms with Gasteiger partial charge in [-0.3, -0.25) is 0 Å². The third kappa shape index (κ3) is 4.27. The molecule has 0 aliphatic heterocycles. The lowest BCUT2D eigenvalue weighted by atomic mass is 10.1. The largest absolute Gasteiger partial charge is 0.380 e. The lowest BCUT2D eigenvalue weighted by Crippen LogP contribution is -2.28. The number of hydrogen-bond donors (Lipinski definition) is 1. The molecule has 0 aliphatic rings. The van der Waals surface area contributed by atoms with Crippen molar-refractivity contribution in [1.29, 1.82) is 0 Å². The molecule has 0 unspecified atom stereocenters. The molecular weight excluding hydrogens is 226 g/mol. The van der Waals surface area contributed by atoms with Gasteiger partial charge in [0, 0.05) is 25.9 Å². The number of likely N-dealkylation sites (N-methyl/N-ethyl adjacent to an activating group) is 1. The SMILES string of the molecule is CCOCCN(CC)c1ncc(CCN)cc1C. The summed E-state index contributed by atoms with van der Waals surface area (Å²) in [6.45, 7) is 10.3. The molecule has 4 nitrogen and oxygen atoms in total. The molecule has 2 N–H and O–H groups in total. The van der Waals surface area contributed by atoms with Crippen LogP contribution in [-0.4, -0.2) is 37.8 Å². The van der Waals surface area contributed by atoms with E-state index in [4.69, 9.17) is 10.5 Å². The maximum absolute atomic E-state index is 5.56. The Kier molecular flexibility index (Phi) is 6.68. The molecule has 0 aromatic carbocycles. The topological polar surface area (TPSA) is 51.4 Å². The van der Waals surface area contributed by atoms with Crippen LogP contribution >= 0.6 is 0 Å². The first-order valence-corrected chi connectivity index (χ1v) is 6.71. The maximum Gasteiger partial charge on any atom is 0.131 e. The summed E-state index contributed by atoms with van der Waals surface area (Å²) in [5, 5.41) is 0. The van der Waals surface area contributed by atoms with Crippen molar-refractivity contribution in [3.8, 4) is 0 Å². The van der Waals surface area contributed by atoms with E-state index in [2.05, 4.69) is 29.8 Å². The average molecular weight is 251 g/mol. The third-order valence-corrected chi connectivity index (χ3v) is 2.93. The second kappa shape index (κ2) is 8.06. The van der Waals surface area contributed by atoms with Crippen LogP contribution < -0.4 is 10.6 Å². The van der Waals surface area contributed by atoms with E-state index in [-0.39, 0.29) is 0 Å². The van der Waals surface area contributed by atoms with Crippen molar-refractivity contribution >= 4 is 5.82 Å². The molecule has 1 heterocycles. The average Bonchev–Trinajstić information content (AvgIpc) is 2.36. The first kappa shape index (κ1) is 14.9. The molecule has 102 valence electrons. The van der Waals surface area contributed by atoms with Crippen LogP contribution in [0.4, 0.5) is 5.82 Å². The number of pyridine rings is 1. The van der Waals surface area contributed by atoms with Gasteiger partial charge in [-0.2, -0.15) is 0 Å². The molecule has 0 aliphatic carbocycles. The van der Waals surface area contributed by atoms with Gasteiger partial charge in [-0.05, 0) is 44.9 Å². The number of hydrogen-bond acceptors (Lipinski definition) is 4. The van der Waals surface area contributed by atoms with Gasteiger partial charge >= 0.3 is 0 Å². The van der Waals surface area contributed by atoms with Crippen molar-refractivity contribution in [1.82, 2.24) is 4.98 Å². The molecule has 0 amide bonds. The monoisotopic (exact) mass is 251 g/mol. The summed E-state index contributed by atoms with van der Waals surface area (Å²) in [5.41, 5.74) is 7.98. The molecule has 0 radical (unpaired) electrons. The van der Waals surface area contributed by atoms with Crippen LogP contribution in [0, 0.1) is 6.92 Å². The molecule has 1 aromatic heterocycles. The third-order valence-electron chi connectivity index (χ3n) is 2.93. The molecular formula is C14H25N3O. The fraction of sp³-hybridized carbons (Fsp3) is 0.643. The van der Waals surface area contributed by atoms with Crippen molar-refractivity contribution < 1.29 is 4.74 Å². The summed E-state index contributed by atoms with van der Waals surface area (Å²) in [5.74, 6) is 1.05. The number of anilines is 1. The Bertz CT molecular complexity index is 355. The Morgan fingerprint density at radius 3 is 2.72 bits per heavy atom.